The fourth-order valence-corrected chi connectivity index (χ4v) is 4.99. The van der Waals surface area contributed by atoms with E-state index >= 15 is 0 Å². The van der Waals surface area contributed by atoms with Gasteiger partial charge in [-0.2, -0.15) is 0 Å². The maximum absolute atomic E-state index is 13.6. The van der Waals surface area contributed by atoms with Crippen LogP contribution in [0.2, 0.25) is 10.0 Å². The fraction of sp³-hybridized carbons (Fsp3) is 0.346. The van der Waals surface area contributed by atoms with Crippen LogP contribution in [0, 0.1) is 0 Å². The zero-order valence-corrected chi connectivity index (χ0v) is 21.6. The van der Waals surface area contributed by atoms with Crippen LogP contribution < -0.4 is 10.6 Å². The molecule has 2 aromatic carbocycles. The Morgan fingerprint density at radius 2 is 1.80 bits per heavy atom. The highest BCUT2D eigenvalue weighted by molar-refractivity contribution is 6.35. The highest BCUT2D eigenvalue weighted by Crippen LogP contribution is 2.39. The Morgan fingerprint density at radius 1 is 1.11 bits per heavy atom. The van der Waals surface area contributed by atoms with Gasteiger partial charge < -0.3 is 15.5 Å². The Hall–Kier alpha value is -3.03. The van der Waals surface area contributed by atoms with Crippen molar-refractivity contribution >= 4 is 46.7 Å². The Balaban J connectivity index is 1.59. The molecule has 0 aliphatic carbocycles. The van der Waals surface area contributed by atoms with E-state index in [1.54, 1.807) is 25.1 Å². The molecule has 35 heavy (non-hydrogen) atoms. The predicted molar refractivity (Wildman–Crippen MR) is 137 cm³/mol. The molecule has 0 spiro atoms. The van der Waals surface area contributed by atoms with E-state index in [9.17, 15) is 14.4 Å². The van der Waals surface area contributed by atoms with Crippen molar-refractivity contribution in [2.75, 3.05) is 18.4 Å². The van der Waals surface area contributed by atoms with Gasteiger partial charge in [0, 0.05) is 22.3 Å². The molecule has 2 aromatic rings. The number of benzene rings is 2. The van der Waals surface area contributed by atoms with E-state index in [1.807, 2.05) is 31.2 Å². The topological polar surface area (TPSA) is 81.8 Å². The third kappa shape index (κ3) is 4.75. The van der Waals surface area contributed by atoms with E-state index in [1.165, 1.54) is 15.4 Å². The Morgan fingerprint density at radius 3 is 2.40 bits per heavy atom. The lowest BCUT2D eigenvalue weighted by Gasteiger charge is -2.33. The van der Waals surface area contributed by atoms with Gasteiger partial charge in [-0.15, -0.1) is 0 Å². The molecule has 0 bridgehead atoms. The lowest BCUT2D eigenvalue weighted by atomic mass is 9.95. The van der Waals surface area contributed by atoms with Crippen molar-refractivity contribution in [3.05, 3.63) is 74.9 Å². The molecule has 0 radical (unpaired) electrons. The third-order valence-corrected chi connectivity index (χ3v) is 7.09. The largest absolute Gasteiger partial charge is 0.326 e. The summed E-state index contributed by atoms with van der Waals surface area (Å²) in [6.07, 6.45) is 0. The van der Waals surface area contributed by atoms with Gasteiger partial charge in [-0.05, 0) is 55.2 Å². The van der Waals surface area contributed by atoms with Gasteiger partial charge in [0.2, 0.25) is 5.91 Å². The molecular formula is C26H28Cl2N4O3. The molecule has 7 nitrogen and oxygen atoms in total. The Kier molecular flexibility index (Phi) is 7.10. The summed E-state index contributed by atoms with van der Waals surface area (Å²) in [5, 5.41) is 6.59. The van der Waals surface area contributed by atoms with Crippen LogP contribution in [0.4, 0.5) is 10.5 Å². The smallest absolute Gasteiger partial charge is 0.322 e. The summed E-state index contributed by atoms with van der Waals surface area (Å²) in [5.41, 5.74) is 3.40. The van der Waals surface area contributed by atoms with Crippen LogP contribution in [0.1, 0.15) is 50.8 Å². The summed E-state index contributed by atoms with van der Waals surface area (Å²) < 4.78 is 0. The van der Waals surface area contributed by atoms with Crippen molar-refractivity contribution in [1.82, 2.24) is 15.1 Å². The van der Waals surface area contributed by atoms with Crippen molar-refractivity contribution in [2.24, 2.45) is 0 Å². The number of urea groups is 1. The number of hydrogen-bond donors (Lipinski definition) is 2. The number of halogens is 2. The Labute approximate surface area is 215 Å². The fourth-order valence-electron chi connectivity index (χ4n) is 4.47. The minimum atomic E-state index is -0.756. The number of likely N-dealkylation sites (N-methyl/N-ethyl adjacent to an activating group) is 1. The average molecular weight is 515 g/mol. The molecule has 0 saturated heterocycles. The van der Waals surface area contributed by atoms with E-state index in [2.05, 4.69) is 24.5 Å². The van der Waals surface area contributed by atoms with Crippen LogP contribution in [0.15, 0.2) is 53.7 Å². The standard InChI is InChI=1S/C26H28Cl2N4O3/c1-5-31-21-13-32(15(4)24(33)29-18-9-6-16(7-10-18)14(2)3)25(34)22(21)23(30-26(31)35)19-11-8-17(27)12-20(19)28/h6-12,14-15,23H,5,13H2,1-4H3,(H,29,33)(H,30,35). The number of rotatable bonds is 6. The van der Waals surface area contributed by atoms with Gasteiger partial charge in [-0.3, -0.25) is 14.5 Å². The molecule has 2 heterocycles. The molecule has 2 aliphatic rings. The molecule has 4 amide bonds. The molecule has 0 saturated carbocycles. The van der Waals surface area contributed by atoms with Gasteiger partial charge in [0.25, 0.3) is 5.91 Å². The lowest BCUT2D eigenvalue weighted by Crippen LogP contribution is -2.47. The van der Waals surface area contributed by atoms with E-state index in [0.29, 0.717) is 45.0 Å². The molecule has 2 N–H and O–H groups in total. The third-order valence-electron chi connectivity index (χ3n) is 6.53. The van der Waals surface area contributed by atoms with Crippen molar-refractivity contribution in [1.29, 1.82) is 0 Å². The number of nitrogens with zero attached hydrogens (tertiary/aromatic N) is 2. The zero-order valence-electron chi connectivity index (χ0n) is 20.1. The van der Waals surface area contributed by atoms with Crippen LogP contribution in [0.3, 0.4) is 0 Å². The minimum Gasteiger partial charge on any atom is -0.326 e. The quantitative estimate of drug-likeness (QED) is 0.546. The second kappa shape index (κ2) is 9.91. The van der Waals surface area contributed by atoms with Gasteiger partial charge in [-0.1, -0.05) is 55.2 Å². The molecule has 2 aliphatic heterocycles. The highest BCUT2D eigenvalue weighted by Gasteiger charge is 2.46. The number of amides is 4. The zero-order chi connectivity index (χ0) is 25.4. The van der Waals surface area contributed by atoms with E-state index in [-0.39, 0.29) is 24.4 Å². The Bertz CT molecular complexity index is 1210. The van der Waals surface area contributed by atoms with Crippen molar-refractivity contribution < 1.29 is 14.4 Å². The van der Waals surface area contributed by atoms with Gasteiger partial charge in [0.05, 0.1) is 23.9 Å². The van der Waals surface area contributed by atoms with E-state index < -0.39 is 12.1 Å². The monoisotopic (exact) mass is 514 g/mol. The summed E-state index contributed by atoms with van der Waals surface area (Å²) in [7, 11) is 0. The number of carbonyl (C=O) groups is 3. The molecule has 2 unspecified atom stereocenters. The maximum atomic E-state index is 13.6. The molecule has 184 valence electrons. The first-order chi connectivity index (χ1) is 16.6. The maximum Gasteiger partial charge on any atom is 0.322 e. The number of nitrogens with one attached hydrogen (secondary N) is 2. The summed E-state index contributed by atoms with van der Waals surface area (Å²) >= 11 is 12.5. The minimum absolute atomic E-state index is 0.151. The van der Waals surface area contributed by atoms with Gasteiger partial charge in [-0.25, -0.2) is 4.79 Å². The normalized spacial score (nSPS) is 18.7. The molecule has 4 rings (SSSR count). The first-order valence-electron chi connectivity index (χ1n) is 11.6. The summed E-state index contributed by atoms with van der Waals surface area (Å²) in [6.45, 7) is 8.27. The van der Waals surface area contributed by atoms with Crippen LogP contribution in [0.25, 0.3) is 0 Å². The summed E-state index contributed by atoms with van der Waals surface area (Å²) in [4.78, 5) is 42.6. The highest BCUT2D eigenvalue weighted by atomic mass is 35.5. The number of hydrogen-bond acceptors (Lipinski definition) is 3. The second-order valence-corrected chi connectivity index (χ2v) is 9.87. The predicted octanol–water partition coefficient (Wildman–Crippen LogP) is 5.33. The van der Waals surface area contributed by atoms with Crippen LogP contribution in [-0.4, -0.2) is 46.8 Å². The van der Waals surface area contributed by atoms with Crippen LogP contribution >= 0.6 is 23.2 Å². The van der Waals surface area contributed by atoms with E-state index in [0.717, 1.165) is 0 Å². The average Bonchev–Trinajstić information content (AvgIpc) is 3.15. The van der Waals surface area contributed by atoms with Gasteiger partial charge in [0.1, 0.15) is 6.04 Å². The van der Waals surface area contributed by atoms with E-state index in [4.69, 9.17) is 23.2 Å². The van der Waals surface area contributed by atoms with Crippen molar-refractivity contribution in [3.8, 4) is 0 Å². The summed E-state index contributed by atoms with van der Waals surface area (Å²) in [6, 6.07) is 10.8. The molecule has 0 aromatic heterocycles. The first-order valence-corrected chi connectivity index (χ1v) is 12.4. The van der Waals surface area contributed by atoms with Gasteiger partial charge >= 0.3 is 6.03 Å². The SMILES string of the molecule is CCN1C(=O)NC(c2ccc(Cl)cc2Cl)C2=C1CN(C(C)C(=O)Nc1ccc(C(C)C)cc1)C2=O. The van der Waals surface area contributed by atoms with Crippen LogP contribution in [-0.2, 0) is 9.59 Å². The number of carbonyl (C=O) groups excluding carboxylic acids is 3. The number of anilines is 1. The molecule has 9 heteroatoms. The lowest BCUT2D eigenvalue weighted by molar-refractivity contribution is -0.133. The van der Waals surface area contributed by atoms with Crippen molar-refractivity contribution in [2.45, 2.75) is 45.7 Å². The van der Waals surface area contributed by atoms with Gasteiger partial charge in [0.15, 0.2) is 0 Å². The molecule has 2 atom stereocenters. The second-order valence-electron chi connectivity index (χ2n) is 9.03. The van der Waals surface area contributed by atoms with Crippen LogP contribution in [0.5, 0.6) is 0 Å². The van der Waals surface area contributed by atoms with Crippen molar-refractivity contribution in [3.63, 3.8) is 0 Å². The first kappa shape index (κ1) is 25.1. The molecule has 0 fully saturated rings. The summed E-state index contributed by atoms with van der Waals surface area (Å²) in [5.74, 6) is -0.232. The molecular weight excluding hydrogens is 487 g/mol.